The Balaban J connectivity index is 1.85. The number of carboxylic acid groups (broad SMARTS) is 1. The first-order chi connectivity index (χ1) is 10.1. The summed E-state index contributed by atoms with van der Waals surface area (Å²) in [6, 6.07) is 6.86. The summed E-state index contributed by atoms with van der Waals surface area (Å²) in [6.45, 7) is 2.78. The Morgan fingerprint density at radius 2 is 1.86 bits per heavy atom. The van der Waals surface area contributed by atoms with Crippen LogP contribution in [0, 0.1) is 0 Å². The minimum Gasteiger partial charge on any atom is -0.481 e. The molecule has 0 saturated heterocycles. The van der Waals surface area contributed by atoms with Crippen molar-refractivity contribution in [1.82, 2.24) is 5.32 Å². The molecule has 2 rings (SSSR count). The van der Waals surface area contributed by atoms with Gasteiger partial charge in [-0.2, -0.15) is 0 Å². The van der Waals surface area contributed by atoms with E-state index in [1.807, 2.05) is 0 Å². The molecule has 0 heterocycles. The van der Waals surface area contributed by atoms with Gasteiger partial charge in [0.1, 0.15) is 0 Å². The van der Waals surface area contributed by atoms with E-state index in [1.54, 1.807) is 24.3 Å². The highest BCUT2D eigenvalue weighted by Gasteiger charge is 2.51. The summed E-state index contributed by atoms with van der Waals surface area (Å²) in [5.74, 6) is -0.767. The van der Waals surface area contributed by atoms with Gasteiger partial charge in [-0.3, -0.25) is 4.79 Å². The maximum Gasteiger partial charge on any atom is 0.319 e. The Labute approximate surface area is 124 Å². The summed E-state index contributed by atoms with van der Waals surface area (Å²) in [4.78, 5) is 22.9. The van der Waals surface area contributed by atoms with Crippen molar-refractivity contribution in [2.24, 2.45) is 0 Å². The van der Waals surface area contributed by atoms with Gasteiger partial charge in [0, 0.05) is 12.2 Å². The number of rotatable bonds is 7. The van der Waals surface area contributed by atoms with Crippen LogP contribution in [-0.2, 0) is 10.2 Å². The molecule has 1 saturated carbocycles. The van der Waals surface area contributed by atoms with Crippen molar-refractivity contribution in [2.75, 3.05) is 11.9 Å². The summed E-state index contributed by atoms with van der Waals surface area (Å²) in [5, 5.41) is 14.8. The number of hydrogen-bond donors (Lipinski definition) is 3. The molecule has 2 amide bonds. The Hall–Kier alpha value is -2.04. The van der Waals surface area contributed by atoms with Gasteiger partial charge in [0.05, 0.1) is 5.41 Å². The van der Waals surface area contributed by atoms with E-state index in [4.69, 9.17) is 0 Å². The Bertz CT molecular complexity index is 507. The smallest absolute Gasteiger partial charge is 0.319 e. The van der Waals surface area contributed by atoms with Gasteiger partial charge in [0.2, 0.25) is 0 Å². The Morgan fingerprint density at radius 3 is 2.38 bits per heavy atom. The minimum absolute atomic E-state index is 0.224. The van der Waals surface area contributed by atoms with E-state index in [1.165, 1.54) is 0 Å². The van der Waals surface area contributed by atoms with Crippen LogP contribution in [-0.4, -0.2) is 23.7 Å². The van der Waals surface area contributed by atoms with Crippen LogP contribution >= 0.6 is 0 Å². The van der Waals surface area contributed by atoms with Crippen molar-refractivity contribution < 1.29 is 14.7 Å². The average Bonchev–Trinajstić information content (AvgIpc) is 3.26. The number of carboxylic acids is 1. The molecule has 114 valence electrons. The molecule has 5 heteroatoms. The predicted octanol–water partition coefficient (Wildman–Crippen LogP) is 3.11. The first kappa shape index (κ1) is 15.4. The highest BCUT2D eigenvalue weighted by atomic mass is 16.4. The van der Waals surface area contributed by atoms with Crippen molar-refractivity contribution in [1.29, 1.82) is 0 Å². The maximum atomic E-state index is 11.7. The van der Waals surface area contributed by atoms with E-state index in [0.29, 0.717) is 25.1 Å². The van der Waals surface area contributed by atoms with Crippen LogP contribution in [0.1, 0.15) is 44.6 Å². The van der Waals surface area contributed by atoms with Crippen LogP contribution in [0.3, 0.4) is 0 Å². The van der Waals surface area contributed by atoms with Crippen LogP contribution in [0.5, 0.6) is 0 Å². The van der Waals surface area contributed by atoms with E-state index in [9.17, 15) is 14.7 Å². The first-order valence-corrected chi connectivity index (χ1v) is 7.47. The lowest BCUT2D eigenvalue weighted by molar-refractivity contribution is -0.140. The third kappa shape index (κ3) is 3.74. The summed E-state index contributed by atoms with van der Waals surface area (Å²) in [6.07, 6.45) is 4.58. The Morgan fingerprint density at radius 1 is 1.19 bits per heavy atom. The molecule has 21 heavy (non-hydrogen) atoms. The van der Waals surface area contributed by atoms with Crippen LogP contribution in [0.4, 0.5) is 10.5 Å². The number of aliphatic carboxylic acids is 1. The van der Waals surface area contributed by atoms with Crippen molar-refractivity contribution in [3.8, 4) is 0 Å². The SMILES string of the molecule is CCCCCNC(=O)Nc1ccc(C2(C(=O)O)CC2)cc1. The number of hydrogen-bond acceptors (Lipinski definition) is 2. The molecule has 1 aliphatic rings. The lowest BCUT2D eigenvalue weighted by Crippen LogP contribution is -2.29. The molecule has 0 bridgehead atoms. The third-order valence-corrected chi connectivity index (χ3v) is 3.92. The first-order valence-electron chi connectivity index (χ1n) is 7.47. The molecule has 1 aliphatic carbocycles. The van der Waals surface area contributed by atoms with Gasteiger partial charge in [-0.1, -0.05) is 31.9 Å². The molecule has 0 spiro atoms. The van der Waals surface area contributed by atoms with E-state index in [2.05, 4.69) is 17.6 Å². The number of carbonyl (C=O) groups excluding carboxylic acids is 1. The molecule has 1 aromatic rings. The number of carbonyl (C=O) groups is 2. The van der Waals surface area contributed by atoms with Crippen LogP contribution in [0.25, 0.3) is 0 Å². The van der Waals surface area contributed by atoms with E-state index >= 15 is 0 Å². The van der Waals surface area contributed by atoms with Crippen LogP contribution < -0.4 is 10.6 Å². The zero-order chi connectivity index (χ0) is 15.3. The number of amides is 2. The average molecular weight is 290 g/mol. The summed E-state index contributed by atoms with van der Waals surface area (Å²) >= 11 is 0. The van der Waals surface area contributed by atoms with Gasteiger partial charge in [-0.25, -0.2) is 4.79 Å². The molecule has 0 atom stereocenters. The summed E-state index contributed by atoms with van der Waals surface area (Å²) in [7, 11) is 0. The molecule has 0 unspecified atom stereocenters. The standard InChI is InChI=1S/C16H22N2O3/c1-2-3-4-11-17-15(21)18-13-7-5-12(6-8-13)16(9-10-16)14(19)20/h5-8H,2-4,9-11H2,1H3,(H,19,20)(H2,17,18,21). The lowest BCUT2D eigenvalue weighted by Gasteiger charge is -2.12. The fraction of sp³-hybridized carbons (Fsp3) is 0.500. The summed E-state index contributed by atoms with van der Waals surface area (Å²) < 4.78 is 0. The highest BCUT2D eigenvalue weighted by Crippen LogP contribution is 2.48. The van der Waals surface area contributed by atoms with E-state index in [0.717, 1.165) is 24.8 Å². The van der Waals surface area contributed by atoms with Gasteiger partial charge in [-0.05, 0) is 37.0 Å². The molecule has 0 radical (unpaired) electrons. The molecule has 0 aliphatic heterocycles. The fourth-order valence-electron chi connectivity index (χ4n) is 2.38. The van der Waals surface area contributed by atoms with Gasteiger partial charge < -0.3 is 15.7 Å². The molecule has 0 aromatic heterocycles. The van der Waals surface area contributed by atoms with Gasteiger partial charge in [0.15, 0.2) is 0 Å². The second kappa shape index (κ2) is 6.61. The third-order valence-electron chi connectivity index (χ3n) is 3.92. The lowest BCUT2D eigenvalue weighted by atomic mass is 9.96. The Kier molecular flexibility index (Phi) is 4.83. The van der Waals surface area contributed by atoms with Crippen molar-refractivity contribution in [3.63, 3.8) is 0 Å². The number of anilines is 1. The fourth-order valence-corrected chi connectivity index (χ4v) is 2.38. The quantitative estimate of drug-likeness (QED) is 0.675. The van der Waals surface area contributed by atoms with Crippen molar-refractivity contribution in [3.05, 3.63) is 29.8 Å². The van der Waals surface area contributed by atoms with E-state index in [-0.39, 0.29) is 6.03 Å². The van der Waals surface area contributed by atoms with Crippen LogP contribution in [0.15, 0.2) is 24.3 Å². The predicted molar refractivity (Wildman–Crippen MR) is 81.5 cm³/mol. The minimum atomic E-state index is -0.767. The highest BCUT2D eigenvalue weighted by molar-refractivity contribution is 5.89. The zero-order valence-electron chi connectivity index (χ0n) is 12.3. The van der Waals surface area contributed by atoms with Gasteiger partial charge >= 0.3 is 12.0 Å². The number of benzene rings is 1. The molecule has 1 aromatic carbocycles. The van der Waals surface area contributed by atoms with Crippen LogP contribution in [0.2, 0.25) is 0 Å². The number of unbranched alkanes of at least 4 members (excludes halogenated alkanes) is 2. The molecule has 5 nitrogen and oxygen atoms in total. The number of urea groups is 1. The zero-order valence-corrected chi connectivity index (χ0v) is 12.3. The largest absolute Gasteiger partial charge is 0.481 e. The van der Waals surface area contributed by atoms with Gasteiger partial charge in [-0.15, -0.1) is 0 Å². The summed E-state index contributed by atoms with van der Waals surface area (Å²) in [5.41, 5.74) is 0.790. The van der Waals surface area contributed by atoms with Gasteiger partial charge in [0.25, 0.3) is 0 Å². The van der Waals surface area contributed by atoms with Crippen molar-refractivity contribution >= 4 is 17.7 Å². The molecule has 1 fully saturated rings. The molecular weight excluding hydrogens is 268 g/mol. The molecule has 3 N–H and O–H groups in total. The van der Waals surface area contributed by atoms with E-state index < -0.39 is 11.4 Å². The molecular formula is C16H22N2O3. The monoisotopic (exact) mass is 290 g/mol. The number of nitrogens with one attached hydrogen (secondary N) is 2. The maximum absolute atomic E-state index is 11.7. The topological polar surface area (TPSA) is 78.4 Å². The normalized spacial score (nSPS) is 15.3. The second-order valence-electron chi connectivity index (χ2n) is 5.55. The second-order valence-corrected chi connectivity index (χ2v) is 5.55. The van der Waals surface area contributed by atoms with Crippen molar-refractivity contribution in [2.45, 2.75) is 44.4 Å².